The zero-order valence-electron chi connectivity index (χ0n) is 12.7. The van der Waals surface area contributed by atoms with E-state index in [2.05, 4.69) is 43.4 Å². The minimum absolute atomic E-state index is 0.0534. The molecule has 0 amide bonds. The van der Waals surface area contributed by atoms with Crippen molar-refractivity contribution in [2.45, 2.75) is 39.3 Å². The normalized spacial score (nSPS) is 14.0. The second-order valence-electron chi connectivity index (χ2n) is 5.38. The summed E-state index contributed by atoms with van der Waals surface area (Å²) in [6.07, 6.45) is 1.04. The van der Waals surface area contributed by atoms with Gasteiger partial charge in [0.2, 0.25) is 0 Å². The molecule has 0 fully saturated rings. The lowest BCUT2D eigenvalue weighted by atomic mass is 10.0. The molecule has 0 aliphatic rings. The Morgan fingerprint density at radius 1 is 1.00 bits per heavy atom. The van der Waals surface area contributed by atoms with E-state index in [0.717, 1.165) is 12.0 Å². The van der Waals surface area contributed by atoms with Crippen molar-refractivity contribution in [2.24, 2.45) is 0 Å². The fourth-order valence-electron chi connectivity index (χ4n) is 2.39. The van der Waals surface area contributed by atoms with E-state index in [1.54, 1.807) is 6.07 Å². The molecular weight excluding hydrogens is 285 g/mol. The van der Waals surface area contributed by atoms with E-state index in [1.807, 2.05) is 13.0 Å². The summed E-state index contributed by atoms with van der Waals surface area (Å²) in [5, 5.41) is 3.65. The number of hydrogen-bond donors (Lipinski definition) is 1. The SMILES string of the molecule is CCc1ccc(C(C)NC(C)c2ccc(Cl)c(F)c2)cc1. The van der Waals surface area contributed by atoms with Crippen LogP contribution >= 0.6 is 11.6 Å². The lowest BCUT2D eigenvalue weighted by molar-refractivity contribution is 0.492. The van der Waals surface area contributed by atoms with Crippen LogP contribution in [0.3, 0.4) is 0 Å². The Bertz CT molecular complexity index is 595. The van der Waals surface area contributed by atoms with E-state index in [9.17, 15) is 4.39 Å². The summed E-state index contributed by atoms with van der Waals surface area (Å²) < 4.78 is 13.5. The van der Waals surface area contributed by atoms with Gasteiger partial charge in [0.15, 0.2) is 0 Å². The van der Waals surface area contributed by atoms with E-state index >= 15 is 0 Å². The Labute approximate surface area is 131 Å². The molecule has 1 nitrogen and oxygen atoms in total. The molecule has 21 heavy (non-hydrogen) atoms. The number of nitrogens with one attached hydrogen (secondary N) is 1. The molecule has 1 N–H and O–H groups in total. The van der Waals surface area contributed by atoms with Crippen molar-refractivity contribution in [3.63, 3.8) is 0 Å². The van der Waals surface area contributed by atoms with Crippen molar-refractivity contribution in [1.82, 2.24) is 5.32 Å². The lowest BCUT2D eigenvalue weighted by Crippen LogP contribution is -2.22. The molecule has 112 valence electrons. The Kier molecular flexibility index (Phi) is 5.38. The third-order valence-electron chi connectivity index (χ3n) is 3.83. The van der Waals surface area contributed by atoms with E-state index in [0.29, 0.717) is 0 Å². The van der Waals surface area contributed by atoms with Crippen LogP contribution in [0.2, 0.25) is 5.02 Å². The summed E-state index contributed by atoms with van der Waals surface area (Å²) in [6, 6.07) is 13.8. The summed E-state index contributed by atoms with van der Waals surface area (Å²) >= 11 is 5.72. The van der Waals surface area contributed by atoms with Gasteiger partial charge in [-0.2, -0.15) is 0 Å². The number of halogens is 2. The first-order chi connectivity index (χ1) is 10.0. The smallest absolute Gasteiger partial charge is 0.142 e. The van der Waals surface area contributed by atoms with Crippen LogP contribution in [0, 0.1) is 5.82 Å². The van der Waals surface area contributed by atoms with Crippen LogP contribution in [0.15, 0.2) is 42.5 Å². The molecule has 0 aromatic heterocycles. The summed E-state index contributed by atoms with van der Waals surface area (Å²) in [6.45, 7) is 6.29. The summed E-state index contributed by atoms with van der Waals surface area (Å²) in [4.78, 5) is 0. The van der Waals surface area contributed by atoms with Crippen LogP contribution in [0.1, 0.15) is 49.5 Å². The Balaban J connectivity index is 2.06. The van der Waals surface area contributed by atoms with E-state index in [-0.39, 0.29) is 22.9 Å². The maximum atomic E-state index is 13.5. The molecule has 2 rings (SSSR count). The molecule has 2 atom stereocenters. The second-order valence-corrected chi connectivity index (χ2v) is 5.79. The molecule has 0 aliphatic heterocycles. The average molecular weight is 306 g/mol. The van der Waals surface area contributed by atoms with Gasteiger partial charge in [-0.05, 0) is 49.1 Å². The number of rotatable bonds is 5. The fraction of sp³-hybridized carbons (Fsp3) is 0.333. The van der Waals surface area contributed by atoms with Crippen molar-refractivity contribution in [3.8, 4) is 0 Å². The van der Waals surface area contributed by atoms with Gasteiger partial charge in [0.05, 0.1) is 5.02 Å². The molecule has 0 radical (unpaired) electrons. The van der Waals surface area contributed by atoms with Gasteiger partial charge in [-0.3, -0.25) is 0 Å². The molecule has 0 saturated carbocycles. The van der Waals surface area contributed by atoms with Crippen molar-refractivity contribution >= 4 is 11.6 Å². The van der Waals surface area contributed by atoms with Gasteiger partial charge in [0.25, 0.3) is 0 Å². The maximum Gasteiger partial charge on any atom is 0.142 e. The van der Waals surface area contributed by atoms with Gasteiger partial charge >= 0.3 is 0 Å². The number of hydrogen-bond acceptors (Lipinski definition) is 1. The first-order valence-corrected chi connectivity index (χ1v) is 7.69. The predicted octanol–water partition coefficient (Wildman–Crippen LogP) is 5.45. The maximum absolute atomic E-state index is 13.5. The minimum atomic E-state index is -0.372. The van der Waals surface area contributed by atoms with Crippen LogP contribution in [-0.2, 0) is 6.42 Å². The topological polar surface area (TPSA) is 12.0 Å². The number of aryl methyl sites for hydroxylation is 1. The molecular formula is C18H21ClFN. The fourth-order valence-corrected chi connectivity index (χ4v) is 2.51. The van der Waals surface area contributed by atoms with Gasteiger partial charge in [0.1, 0.15) is 5.82 Å². The van der Waals surface area contributed by atoms with E-state index in [4.69, 9.17) is 11.6 Å². The lowest BCUT2D eigenvalue weighted by Gasteiger charge is -2.21. The molecule has 2 unspecified atom stereocenters. The van der Waals surface area contributed by atoms with Crippen LogP contribution < -0.4 is 5.32 Å². The highest BCUT2D eigenvalue weighted by atomic mass is 35.5. The van der Waals surface area contributed by atoms with Gasteiger partial charge < -0.3 is 5.32 Å². The summed E-state index contributed by atoms with van der Waals surface area (Å²) in [5.41, 5.74) is 3.46. The minimum Gasteiger partial charge on any atom is -0.304 e. The van der Waals surface area contributed by atoms with Crippen LogP contribution in [0.4, 0.5) is 4.39 Å². The molecule has 3 heteroatoms. The Morgan fingerprint density at radius 3 is 2.14 bits per heavy atom. The summed E-state index contributed by atoms with van der Waals surface area (Å²) in [7, 11) is 0. The summed E-state index contributed by atoms with van der Waals surface area (Å²) in [5.74, 6) is -0.372. The zero-order valence-corrected chi connectivity index (χ0v) is 13.4. The highest BCUT2D eigenvalue weighted by molar-refractivity contribution is 6.30. The molecule has 2 aromatic rings. The zero-order chi connectivity index (χ0) is 15.4. The average Bonchev–Trinajstić information content (AvgIpc) is 2.50. The molecule has 0 spiro atoms. The van der Waals surface area contributed by atoms with Gasteiger partial charge in [0, 0.05) is 12.1 Å². The largest absolute Gasteiger partial charge is 0.304 e. The van der Waals surface area contributed by atoms with Crippen molar-refractivity contribution in [1.29, 1.82) is 0 Å². The first-order valence-electron chi connectivity index (χ1n) is 7.31. The Hall–Kier alpha value is -1.38. The number of benzene rings is 2. The molecule has 0 aliphatic carbocycles. The quantitative estimate of drug-likeness (QED) is 0.774. The first kappa shape index (κ1) is 16.0. The molecule has 0 heterocycles. The van der Waals surface area contributed by atoms with Gasteiger partial charge in [-0.15, -0.1) is 0 Å². The second kappa shape index (κ2) is 7.06. The molecule has 0 saturated heterocycles. The Morgan fingerprint density at radius 2 is 1.57 bits per heavy atom. The molecule has 0 bridgehead atoms. The third-order valence-corrected chi connectivity index (χ3v) is 4.14. The highest BCUT2D eigenvalue weighted by Gasteiger charge is 2.12. The van der Waals surface area contributed by atoms with Crippen molar-refractivity contribution in [3.05, 3.63) is 70.0 Å². The third kappa shape index (κ3) is 4.05. The van der Waals surface area contributed by atoms with Crippen LogP contribution in [0.5, 0.6) is 0 Å². The highest BCUT2D eigenvalue weighted by Crippen LogP contribution is 2.23. The van der Waals surface area contributed by atoms with Crippen molar-refractivity contribution < 1.29 is 4.39 Å². The standard InChI is InChI=1S/C18H21ClFN/c1-4-14-5-7-15(8-6-14)12(2)21-13(3)16-9-10-17(19)18(20)11-16/h5-13,21H,4H2,1-3H3. The van der Waals surface area contributed by atoms with Crippen LogP contribution in [0.25, 0.3) is 0 Å². The van der Waals surface area contributed by atoms with Crippen molar-refractivity contribution in [2.75, 3.05) is 0 Å². The van der Waals surface area contributed by atoms with Gasteiger partial charge in [-0.25, -0.2) is 4.39 Å². The van der Waals surface area contributed by atoms with E-state index < -0.39 is 0 Å². The van der Waals surface area contributed by atoms with E-state index in [1.165, 1.54) is 17.2 Å². The van der Waals surface area contributed by atoms with Crippen LogP contribution in [-0.4, -0.2) is 0 Å². The monoisotopic (exact) mass is 305 g/mol. The van der Waals surface area contributed by atoms with Gasteiger partial charge in [-0.1, -0.05) is 48.9 Å². The predicted molar refractivity (Wildman–Crippen MR) is 87.2 cm³/mol. The molecule has 2 aromatic carbocycles.